The van der Waals surface area contributed by atoms with Crippen LogP contribution in [0.5, 0.6) is 0 Å². The van der Waals surface area contributed by atoms with Gasteiger partial charge in [0.25, 0.3) is 0 Å². The molecule has 70 valence electrons. The Morgan fingerprint density at radius 2 is 1.54 bits per heavy atom. The first-order chi connectivity index (χ1) is 5.24. The van der Waals surface area contributed by atoms with E-state index in [2.05, 4.69) is 14.2 Å². The van der Waals surface area contributed by atoms with Crippen molar-refractivity contribution in [1.29, 1.82) is 0 Å². The summed E-state index contributed by atoms with van der Waals surface area (Å²) in [6.45, 7) is 8.67. The molecule has 0 saturated heterocycles. The molecule has 4 heteroatoms. The van der Waals surface area contributed by atoms with Crippen molar-refractivity contribution in [3.05, 3.63) is 21.1 Å². The van der Waals surface area contributed by atoms with Crippen LogP contribution in [0.3, 0.4) is 0 Å². The molecule has 0 unspecified atom stereocenters. The predicted molar refractivity (Wildman–Crippen MR) is 44.3 cm³/mol. The molecule has 0 saturated carbocycles. The Bertz CT molecular complexity index is 87.6. The summed E-state index contributed by atoms with van der Waals surface area (Å²) in [4.78, 5) is 0. The molecule has 0 fully saturated rings. The Morgan fingerprint density at radius 1 is 1.15 bits per heavy atom. The Hall–Kier alpha value is -2.08. The van der Waals surface area contributed by atoms with Crippen LogP contribution in [-0.2, 0) is 9.47 Å². The molecular formula is C9H16O2Rf2-2. The predicted octanol–water partition coefficient (Wildman–Crippen LogP) is 2.10. The van der Waals surface area contributed by atoms with E-state index in [-0.39, 0.29) is 5.41 Å². The second-order valence-corrected chi connectivity index (χ2v) is 2.75. The second-order valence-electron chi connectivity index (χ2n) is 2.75. The molecule has 0 aromatic heterocycles. The van der Waals surface area contributed by atoms with Crippen LogP contribution in [0.15, 0.2) is 0 Å². The van der Waals surface area contributed by atoms with Crippen LogP contribution in [0.1, 0.15) is 19.8 Å². The van der Waals surface area contributed by atoms with Crippen LogP contribution in [0.2, 0.25) is 0 Å². The van der Waals surface area contributed by atoms with Crippen molar-refractivity contribution in [3.63, 3.8) is 0 Å². The van der Waals surface area contributed by atoms with E-state index >= 15 is 0 Å². The van der Waals surface area contributed by atoms with Gasteiger partial charge in [-0.25, -0.2) is 14.2 Å². The minimum atomic E-state index is -0.108. The normalized spacial score (nSPS) is 10.2. The molecule has 0 aromatic carbocycles. The zero-order valence-corrected chi connectivity index (χ0v) is 21.3. The quantitative estimate of drug-likeness (QED) is 0.398. The van der Waals surface area contributed by atoms with Crippen LogP contribution in [0, 0.1) is 26.6 Å². The molecule has 0 aromatic rings. The first-order valence-corrected chi connectivity index (χ1v) is 3.68. The summed E-state index contributed by atoms with van der Waals surface area (Å²) in [5.41, 5.74) is -0.108. The van der Waals surface area contributed by atoms with E-state index in [0.29, 0.717) is 19.6 Å². The van der Waals surface area contributed by atoms with Gasteiger partial charge in [-0.05, 0) is 19.8 Å². The fourth-order valence-corrected chi connectivity index (χ4v) is 0.941. The maximum Gasteiger partial charge on any atom is 0.0189 e. The monoisotopic (exact) mass is 690 g/mol. The molecule has 0 aliphatic carbocycles. The van der Waals surface area contributed by atoms with E-state index in [0.717, 1.165) is 6.42 Å². The molecule has 2 radical (unpaired) electrons. The standard InChI is InChI=1S/C9H16O2.2Rf/c1-5-9(6-2,7-10-3)8-11-4;;/h1H,3-8H2,2H3;;/q-2;;. The molecule has 0 aliphatic heterocycles. The molecule has 0 atom stereocenters. The van der Waals surface area contributed by atoms with Crippen molar-refractivity contribution in [2.24, 2.45) is 5.41 Å². The zero-order chi connectivity index (χ0) is 8.74. The molecule has 13 heavy (non-hydrogen) atoms. The molecule has 0 rings (SSSR count). The van der Waals surface area contributed by atoms with Crippen LogP contribution in [-0.4, -0.2) is 13.2 Å². The van der Waals surface area contributed by atoms with Gasteiger partial charge in [0.2, 0.25) is 0 Å². The summed E-state index contributed by atoms with van der Waals surface area (Å²) in [7, 11) is 6.63. The van der Waals surface area contributed by atoms with Crippen molar-refractivity contribution in [1.82, 2.24) is 0 Å². The average Bonchev–Trinajstić information content (AvgIpc) is 2.04. The van der Waals surface area contributed by atoms with Gasteiger partial charge >= 0.3 is 0 Å². The average molecular weight is 690 g/mol. The summed E-state index contributed by atoms with van der Waals surface area (Å²) in [6, 6.07) is 0. The molecule has 0 aliphatic rings. The Balaban J connectivity index is -0.000000500. The van der Waals surface area contributed by atoms with E-state index < -0.39 is 0 Å². The van der Waals surface area contributed by atoms with E-state index in [1.807, 2.05) is 6.92 Å². The van der Waals surface area contributed by atoms with Crippen LogP contribution >= 0.6 is 0 Å². The topological polar surface area (TPSA) is 18.5 Å². The van der Waals surface area contributed by atoms with E-state index in [1.165, 1.54) is 0 Å². The van der Waals surface area contributed by atoms with Crippen molar-refractivity contribution >= 4 is 0 Å². The van der Waals surface area contributed by atoms with Gasteiger partial charge in [-0.2, -0.15) is 0 Å². The van der Waals surface area contributed by atoms with Crippen LogP contribution < -0.4 is 0 Å². The van der Waals surface area contributed by atoms with Crippen molar-refractivity contribution < 1.29 is 9.47 Å². The fourth-order valence-electron chi connectivity index (χ4n) is 0.941. The Labute approximate surface area is 69.9 Å². The smallest absolute Gasteiger partial charge is 0.0189 e. The number of rotatable bonds is 6. The van der Waals surface area contributed by atoms with Gasteiger partial charge in [-0.3, -0.25) is 0 Å². The van der Waals surface area contributed by atoms with Crippen LogP contribution in [0.4, 0.5) is 0 Å². The summed E-state index contributed by atoms with van der Waals surface area (Å²) < 4.78 is 9.61. The minimum Gasteiger partial charge on any atom is -0.555 e. The largest absolute Gasteiger partial charge is 0.555 e. The summed E-state index contributed by atoms with van der Waals surface area (Å²) in [5, 5.41) is 0. The number of ether oxygens (including phenoxy) is 2. The minimum absolute atomic E-state index is 0. The maximum atomic E-state index is 5.57. The summed E-state index contributed by atoms with van der Waals surface area (Å²) >= 11 is 0. The van der Waals surface area contributed by atoms with Gasteiger partial charge in [0.1, 0.15) is 0 Å². The summed E-state index contributed by atoms with van der Waals surface area (Å²) in [6.07, 6.45) is 1.45. The molecule has 2 nitrogen and oxygen atoms in total. The van der Waals surface area contributed by atoms with E-state index in [1.54, 1.807) is 0 Å². The second kappa shape index (κ2) is 8.02. The molecule has 0 spiro atoms. The van der Waals surface area contributed by atoms with E-state index in [4.69, 9.17) is 16.4 Å². The summed E-state index contributed by atoms with van der Waals surface area (Å²) in [5.74, 6) is 0. The first kappa shape index (κ1) is 17.1. The maximum absolute atomic E-state index is 5.57. The van der Waals surface area contributed by atoms with Gasteiger partial charge in [-0.15, -0.1) is 0 Å². The molecule has 0 heterocycles. The van der Waals surface area contributed by atoms with Gasteiger partial charge < -0.3 is 9.47 Å². The van der Waals surface area contributed by atoms with Gasteiger partial charge in [0, 0.05) is 18.6 Å². The molecule has 0 bridgehead atoms. The third-order valence-electron chi connectivity index (χ3n) is 2.00. The van der Waals surface area contributed by atoms with Crippen molar-refractivity contribution in [2.75, 3.05) is 13.2 Å². The third kappa shape index (κ3) is 4.38. The van der Waals surface area contributed by atoms with Crippen molar-refractivity contribution in [2.45, 2.75) is 19.8 Å². The first-order valence-electron chi connectivity index (χ1n) is 3.68. The van der Waals surface area contributed by atoms with Gasteiger partial charge in [-0.1, -0.05) is 6.92 Å². The Morgan fingerprint density at radius 3 is 1.69 bits per heavy atom. The van der Waals surface area contributed by atoms with Gasteiger partial charge in [0.15, 0.2) is 0 Å². The number of hydrogen-bond donors (Lipinski definition) is 0. The Kier molecular flexibility index (Phi) is 10.6. The fraction of sp³-hybridized carbons (Fsp3) is 0.667. The van der Waals surface area contributed by atoms with Gasteiger partial charge in [0.05, 0.1) is 0 Å². The molecular weight excluding hydrogens is 674 g/mol. The zero-order valence-electron chi connectivity index (χ0n) is 8.55. The number of hydrogen-bond acceptors (Lipinski definition) is 2. The van der Waals surface area contributed by atoms with E-state index in [9.17, 15) is 0 Å². The SMILES string of the molecule is [CH]CC(CC)(CO[CH2-])CO[CH2-].[Rf].[Rf]. The third-order valence-corrected chi connectivity index (χ3v) is 2.00. The molecule has 0 amide bonds. The van der Waals surface area contributed by atoms with Crippen LogP contribution in [0.25, 0.3) is 0 Å². The molecule has 0 N–H and O–H groups in total. The van der Waals surface area contributed by atoms with Crippen molar-refractivity contribution in [3.8, 4) is 0 Å².